The summed E-state index contributed by atoms with van der Waals surface area (Å²) in [4.78, 5) is 0. The van der Waals surface area contributed by atoms with Gasteiger partial charge in [0.05, 0.1) is 0 Å². The lowest BCUT2D eigenvalue weighted by molar-refractivity contribution is 0.284. The van der Waals surface area contributed by atoms with Crippen LogP contribution in [-0.2, 0) is 4.43 Å². The van der Waals surface area contributed by atoms with Crippen molar-refractivity contribution in [3.63, 3.8) is 0 Å². The lowest BCUT2D eigenvalue weighted by Crippen LogP contribution is -2.38. The molecule has 1 aliphatic heterocycles. The van der Waals surface area contributed by atoms with Gasteiger partial charge in [-0.05, 0) is 19.0 Å². The Labute approximate surface area is 54.8 Å². The van der Waals surface area contributed by atoms with E-state index < -0.39 is 7.83 Å². The lowest BCUT2D eigenvalue weighted by Gasteiger charge is -2.27. The van der Waals surface area contributed by atoms with Gasteiger partial charge in [-0.15, -0.1) is 0 Å². The van der Waals surface area contributed by atoms with Crippen LogP contribution in [0.1, 0.15) is 12.8 Å². The maximum atomic E-state index is 5.67. The summed E-state index contributed by atoms with van der Waals surface area (Å²) in [5, 5.41) is 0. The molecule has 1 unspecified atom stereocenters. The molecule has 0 aromatic heterocycles. The Hall–Kier alpha value is 0.394. The zero-order valence-electron chi connectivity index (χ0n) is 5.74. The standard InChI is InChI=1S/C5H14OSi2/c1-8(7)5-3-2-4-6-8/h2-5H2,1,7H3. The molecule has 0 aromatic rings. The first kappa shape index (κ1) is 6.51. The second-order valence-electron chi connectivity index (χ2n) is 3.07. The third-order valence-electron chi connectivity index (χ3n) is 1.67. The van der Waals surface area contributed by atoms with E-state index in [4.69, 9.17) is 4.43 Å². The minimum atomic E-state index is -0.952. The molecule has 0 spiro atoms. The maximum Gasteiger partial charge on any atom is 0.165 e. The van der Waals surface area contributed by atoms with Crippen LogP contribution >= 0.6 is 0 Å². The minimum absolute atomic E-state index is 0.952. The molecule has 0 aliphatic carbocycles. The molecular formula is C5H14OSi2. The highest BCUT2D eigenvalue weighted by Crippen LogP contribution is 2.17. The highest BCUT2D eigenvalue weighted by molar-refractivity contribution is 7.12. The van der Waals surface area contributed by atoms with E-state index in [2.05, 4.69) is 6.55 Å². The van der Waals surface area contributed by atoms with Gasteiger partial charge in [-0.2, -0.15) is 0 Å². The zero-order valence-corrected chi connectivity index (χ0v) is 8.74. The predicted octanol–water partition coefficient (Wildman–Crippen LogP) is 0.234. The molecule has 0 radical (unpaired) electrons. The van der Waals surface area contributed by atoms with Crippen LogP contribution in [0.25, 0.3) is 0 Å². The highest BCUT2D eigenvalue weighted by atomic mass is 29.2. The van der Waals surface area contributed by atoms with Crippen LogP contribution in [0.4, 0.5) is 0 Å². The van der Waals surface area contributed by atoms with Gasteiger partial charge in [0.25, 0.3) is 0 Å². The number of rotatable bonds is 0. The van der Waals surface area contributed by atoms with Crippen LogP contribution in [0.15, 0.2) is 0 Å². The van der Waals surface area contributed by atoms with Crippen molar-refractivity contribution >= 4 is 17.6 Å². The largest absolute Gasteiger partial charge is 0.421 e. The Bertz CT molecular complexity index is 74.5. The van der Waals surface area contributed by atoms with Crippen LogP contribution in [0.5, 0.6) is 0 Å². The van der Waals surface area contributed by atoms with Crippen molar-refractivity contribution in [2.75, 3.05) is 6.61 Å². The Balaban J connectivity index is 2.33. The fourth-order valence-electron chi connectivity index (χ4n) is 1.07. The molecule has 1 saturated heterocycles. The van der Waals surface area contributed by atoms with Crippen LogP contribution in [0.2, 0.25) is 12.6 Å². The maximum absolute atomic E-state index is 5.67. The van der Waals surface area contributed by atoms with Gasteiger partial charge < -0.3 is 4.43 Å². The van der Waals surface area contributed by atoms with Gasteiger partial charge >= 0.3 is 0 Å². The molecular weight excluding hydrogens is 132 g/mol. The molecule has 1 aliphatic rings. The molecule has 1 rings (SSSR count). The molecule has 1 nitrogen and oxygen atoms in total. The Kier molecular flexibility index (Phi) is 1.90. The summed E-state index contributed by atoms with van der Waals surface area (Å²) < 4.78 is 5.67. The lowest BCUT2D eigenvalue weighted by atomic mass is 10.4. The van der Waals surface area contributed by atoms with E-state index >= 15 is 0 Å². The van der Waals surface area contributed by atoms with E-state index in [1.165, 1.54) is 28.6 Å². The second kappa shape index (κ2) is 2.33. The van der Waals surface area contributed by atoms with Crippen LogP contribution in [0.3, 0.4) is 0 Å². The smallest absolute Gasteiger partial charge is 0.165 e. The predicted molar refractivity (Wildman–Crippen MR) is 41.6 cm³/mol. The summed E-state index contributed by atoms with van der Waals surface area (Å²) in [5.74, 6) is 0. The second-order valence-corrected chi connectivity index (χ2v) is 13.7. The molecule has 0 bridgehead atoms. The third-order valence-corrected chi connectivity index (χ3v) is 6.58. The average Bonchev–Trinajstić information content (AvgIpc) is 1.65. The van der Waals surface area contributed by atoms with Crippen molar-refractivity contribution in [2.24, 2.45) is 0 Å². The van der Waals surface area contributed by atoms with E-state index in [1.807, 2.05) is 0 Å². The zero-order chi connectivity index (χ0) is 6.04. The Morgan fingerprint density at radius 1 is 1.50 bits per heavy atom. The van der Waals surface area contributed by atoms with Gasteiger partial charge in [-0.1, -0.05) is 6.42 Å². The summed E-state index contributed by atoms with van der Waals surface area (Å²) in [7, 11) is 0.375. The number of hydrogen-bond acceptors (Lipinski definition) is 1. The fraction of sp³-hybridized carbons (Fsp3) is 1.00. The molecule has 1 heterocycles. The van der Waals surface area contributed by atoms with E-state index in [0.717, 1.165) is 6.61 Å². The van der Waals surface area contributed by atoms with E-state index in [1.54, 1.807) is 0 Å². The van der Waals surface area contributed by atoms with Crippen molar-refractivity contribution < 1.29 is 4.43 Å². The van der Waals surface area contributed by atoms with Crippen molar-refractivity contribution in [1.29, 1.82) is 0 Å². The molecule has 1 atom stereocenters. The van der Waals surface area contributed by atoms with Gasteiger partial charge in [-0.3, -0.25) is 0 Å². The van der Waals surface area contributed by atoms with Crippen molar-refractivity contribution in [3.05, 3.63) is 0 Å². The molecule has 8 heavy (non-hydrogen) atoms. The number of hydrogen-bond donors (Lipinski definition) is 0. The van der Waals surface area contributed by atoms with E-state index in [-0.39, 0.29) is 0 Å². The van der Waals surface area contributed by atoms with Crippen LogP contribution in [-0.4, -0.2) is 24.2 Å². The molecule has 48 valence electrons. The summed E-state index contributed by atoms with van der Waals surface area (Å²) >= 11 is 0. The van der Waals surface area contributed by atoms with E-state index in [0.29, 0.717) is 0 Å². The average molecular weight is 146 g/mol. The molecule has 3 heteroatoms. The summed E-state index contributed by atoms with van der Waals surface area (Å²) in [6.45, 7) is 3.42. The van der Waals surface area contributed by atoms with Gasteiger partial charge in [0.2, 0.25) is 0 Å². The summed E-state index contributed by atoms with van der Waals surface area (Å²) in [6, 6.07) is 1.43. The Morgan fingerprint density at radius 2 is 2.25 bits per heavy atom. The van der Waals surface area contributed by atoms with Crippen molar-refractivity contribution in [3.8, 4) is 0 Å². The van der Waals surface area contributed by atoms with Crippen LogP contribution in [0, 0.1) is 0 Å². The monoisotopic (exact) mass is 146 g/mol. The van der Waals surface area contributed by atoms with Gasteiger partial charge in [0, 0.05) is 16.4 Å². The quantitative estimate of drug-likeness (QED) is 0.445. The van der Waals surface area contributed by atoms with E-state index in [9.17, 15) is 0 Å². The van der Waals surface area contributed by atoms with Gasteiger partial charge in [-0.25, -0.2) is 0 Å². The van der Waals surface area contributed by atoms with Crippen molar-refractivity contribution in [1.82, 2.24) is 0 Å². The third kappa shape index (κ3) is 1.72. The normalized spacial score (nSPS) is 40.1. The minimum Gasteiger partial charge on any atom is -0.421 e. The van der Waals surface area contributed by atoms with Gasteiger partial charge in [0.1, 0.15) is 0 Å². The van der Waals surface area contributed by atoms with Gasteiger partial charge in [0.15, 0.2) is 7.83 Å². The Morgan fingerprint density at radius 3 is 2.50 bits per heavy atom. The molecule has 0 saturated carbocycles. The van der Waals surface area contributed by atoms with Crippen molar-refractivity contribution in [2.45, 2.75) is 25.4 Å². The molecule has 0 amide bonds. The van der Waals surface area contributed by atoms with Crippen LogP contribution < -0.4 is 0 Å². The molecule has 0 aromatic carbocycles. The molecule has 1 fully saturated rings. The summed E-state index contributed by atoms with van der Waals surface area (Å²) in [6.07, 6.45) is 2.75. The first-order valence-corrected chi connectivity index (χ1v) is 9.46. The SMILES string of the molecule is C[Si]1([SiH3])CCCCO1. The highest BCUT2D eigenvalue weighted by Gasteiger charge is 2.23. The fourth-order valence-corrected chi connectivity index (χ4v) is 4.69. The first-order valence-electron chi connectivity index (χ1n) is 3.35. The topological polar surface area (TPSA) is 9.23 Å². The molecule has 0 N–H and O–H groups in total. The summed E-state index contributed by atoms with van der Waals surface area (Å²) in [5.41, 5.74) is 0. The first-order chi connectivity index (χ1) is 3.71.